The molecule has 0 aromatic heterocycles. The molecule has 0 aromatic rings. The number of nitrogens with one attached hydrogen (secondary N) is 2. The summed E-state index contributed by atoms with van der Waals surface area (Å²) in [5.74, 6) is 0.725. The van der Waals surface area contributed by atoms with Crippen LogP contribution in [0.25, 0.3) is 0 Å². The van der Waals surface area contributed by atoms with Crippen LogP contribution < -0.4 is 10.6 Å². The Kier molecular flexibility index (Phi) is 4.00. The molecule has 3 nitrogen and oxygen atoms in total. The molecular formula is C12H24N2O. The second-order valence-electron chi connectivity index (χ2n) is 5.24. The van der Waals surface area contributed by atoms with E-state index in [0.29, 0.717) is 12.1 Å². The first-order valence-corrected chi connectivity index (χ1v) is 6.32. The Labute approximate surface area is 93.0 Å². The van der Waals surface area contributed by atoms with Crippen LogP contribution in [0.4, 0.5) is 0 Å². The van der Waals surface area contributed by atoms with Gasteiger partial charge in [0, 0.05) is 25.2 Å². The molecule has 1 heterocycles. The fourth-order valence-electron chi connectivity index (χ4n) is 2.12. The van der Waals surface area contributed by atoms with Crippen molar-refractivity contribution in [3.05, 3.63) is 0 Å². The number of hydrogen-bond acceptors (Lipinski definition) is 3. The third-order valence-electron chi connectivity index (χ3n) is 3.33. The fourth-order valence-corrected chi connectivity index (χ4v) is 2.12. The molecule has 3 heteroatoms. The van der Waals surface area contributed by atoms with Crippen molar-refractivity contribution >= 4 is 0 Å². The van der Waals surface area contributed by atoms with Crippen molar-refractivity contribution in [1.82, 2.24) is 10.6 Å². The standard InChI is InChI=1S/C12H24N2O/c1-9(6-14-12-3-4-12)13-7-11-5-10(2)15-8-11/h9-14H,3-8H2,1-2H3. The molecule has 0 amide bonds. The van der Waals surface area contributed by atoms with Crippen molar-refractivity contribution < 1.29 is 4.74 Å². The largest absolute Gasteiger partial charge is 0.378 e. The predicted octanol–water partition coefficient (Wildman–Crippen LogP) is 1.14. The van der Waals surface area contributed by atoms with Crippen LogP contribution in [-0.4, -0.2) is 37.9 Å². The molecule has 3 unspecified atom stereocenters. The van der Waals surface area contributed by atoms with Crippen molar-refractivity contribution in [2.75, 3.05) is 19.7 Å². The van der Waals surface area contributed by atoms with Gasteiger partial charge in [0.15, 0.2) is 0 Å². The lowest BCUT2D eigenvalue weighted by atomic mass is 10.1. The predicted molar refractivity (Wildman–Crippen MR) is 62.0 cm³/mol. The fraction of sp³-hybridized carbons (Fsp3) is 1.00. The van der Waals surface area contributed by atoms with Gasteiger partial charge in [-0.25, -0.2) is 0 Å². The average Bonchev–Trinajstić information content (AvgIpc) is 2.95. The third-order valence-corrected chi connectivity index (χ3v) is 3.33. The molecule has 2 rings (SSSR count). The topological polar surface area (TPSA) is 33.3 Å². The van der Waals surface area contributed by atoms with Crippen LogP contribution in [0.5, 0.6) is 0 Å². The van der Waals surface area contributed by atoms with Gasteiger partial charge in [-0.2, -0.15) is 0 Å². The minimum atomic E-state index is 0.469. The second kappa shape index (κ2) is 5.28. The van der Waals surface area contributed by atoms with E-state index < -0.39 is 0 Å². The summed E-state index contributed by atoms with van der Waals surface area (Å²) in [6.07, 6.45) is 4.44. The van der Waals surface area contributed by atoms with E-state index >= 15 is 0 Å². The summed E-state index contributed by atoms with van der Waals surface area (Å²) in [6.45, 7) is 7.58. The Morgan fingerprint density at radius 3 is 2.80 bits per heavy atom. The first-order valence-electron chi connectivity index (χ1n) is 6.32. The molecule has 2 fully saturated rings. The van der Waals surface area contributed by atoms with Crippen molar-refractivity contribution in [2.45, 2.75) is 51.3 Å². The number of rotatable bonds is 6. The Balaban J connectivity index is 1.52. The maximum atomic E-state index is 5.55. The molecule has 3 atom stereocenters. The molecule has 2 N–H and O–H groups in total. The van der Waals surface area contributed by atoms with Crippen molar-refractivity contribution in [3.8, 4) is 0 Å². The van der Waals surface area contributed by atoms with Gasteiger partial charge in [0.05, 0.1) is 12.7 Å². The first kappa shape index (κ1) is 11.4. The number of ether oxygens (including phenoxy) is 1. The Morgan fingerprint density at radius 1 is 1.40 bits per heavy atom. The Bertz CT molecular complexity index is 194. The highest BCUT2D eigenvalue weighted by Gasteiger charge is 2.23. The second-order valence-corrected chi connectivity index (χ2v) is 5.24. The molecule has 1 aliphatic heterocycles. The smallest absolute Gasteiger partial charge is 0.0551 e. The van der Waals surface area contributed by atoms with E-state index in [2.05, 4.69) is 24.5 Å². The van der Waals surface area contributed by atoms with Crippen molar-refractivity contribution in [2.24, 2.45) is 5.92 Å². The minimum Gasteiger partial charge on any atom is -0.378 e. The normalized spacial score (nSPS) is 33.2. The van der Waals surface area contributed by atoms with E-state index in [-0.39, 0.29) is 0 Å². The van der Waals surface area contributed by atoms with E-state index in [0.717, 1.165) is 31.7 Å². The highest BCUT2D eigenvalue weighted by atomic mass is 16.5. The van der Waals surface area contributed by atoms with E-state index in [1.807, 2.05) is 0 Å². The van der Waals surface area contributed by atoms with Crippen LogP contribution in [0.15, 0.2) is 0 Å². The molecule has 2 aliphatic rings. The molecule has 1 saturated carbocycles. The quantitative estimate of drug-likeness (QED) is 0.693. The molecule has 0 aromatic carbocycles. The van der Waals surface area contributed by atoms with Crippen LogP contribution in [0.3, 0.4) is 0 Å². The third kappa shape index (κ3) is 4.09. The van der Waals surface area contributed by atoms with Gasteiger partial charge in [-0.1, -0.05) is 0 Å². The summed E-state index contributed by atoms with van der Waals surface area (Å²) in [7, 11) is 0. The molecule has 0 spiro atoms. The van der Waals surface area contributed by atoms with Gasteiger partial charge >= 0.3 is 0 Å². The summed E-state index contributed by atoms with van der Waals surface area (Å²) in [6, 6.07) is 1.41. The van der Waals surface area contributed by atoms with Crippen LogP contribution >= 0.6 is 0 Å². The molecule has 0 bridgehead atoms. The van der Waals surface area contributed by atoms with Gasteiger partial charge in [0.1, 0.15) is 0 Å². The molecule has 1 saturated heterocycles. The van der Waals surface area contributed by atoms with E-state index in [1.54, 1.807) is 0 Å². The minimum absolute atomic E-state index is 0.469. The summed E-state index contributed by atoms with van der Waals surface area (Å²) in [5.41, 5.74) is 0. The lowest BCUT2D eigenvalue weighted by molar-refractivity contribution is 0.120. The molecule has 15 heavy (non-hydrogen) atoms. The SMILES string of the molecule is CC(CNC1CC1)NCC1COC(C)C1. The van der Waals surface area contributed by atoms with Crippen LogP contribution in [0.1, 0.15) is 33.1 Å². The zero-order chi connectivity index (χ0) is 10.7. The molecular weight excluding hydrogens is 188 g/mol. The molecule has 0 radical (unpaired) electrons. The maximum Gasteiger partial charge on any atom is 0.0551 e. The zero-order valence-corrected chi connectivity index (χ0v) is 9.96. The lowest BCUT2D eigenvalue weighted by Crippen LogP contribution is -2.39. The van der Waals surface area contributed by atoms with Crippen LogP contribution in [0, 0.1) is 5.92 Å². The van der Waals surface area contributed by atoms with Gasteiger partial charge < -0.3 is 15.4 Å². The molecule has 1 aliphatic carbocycles. The van der Waals surface area contributed by atoms with Gasteiger partial charge in [-0.05, 0) is 39.0 Å². The number of hydrogen-bond donors (Lipinski definition) is 2. The van der Waals surface area contributed by atoms with Crippen LogP contribution in [-0.2, 0) is 4.74 Å². The summed E-state index contributed by atoms with van der Waals surface area (Å²) >= 11 is 0. The van der Waals surface area contributed by atoms with Crippen molar-refractivity contribution in [3.63, 3.8) is 0 Å². The first-order chi connectivity index (χ1) is 7.24. The van der Waals surface area contributed by atoms with Gasteiger partial charge in [0.25, 0.3) is 0 Å². The highest BCUT2D eigenvalue weighted by molar-refractivity contribution is 4.82. The van der Waals surface area contributed by atoms with E-state index in [1.165, 1.54) is 19.3 Å². The summed E-state index contributed by atoms with van der Waals surface area (Å²) < 4.78 is 5.55. The van der Waals surface area contributed by atoms with Crippen LogP contribution in [0.2, 0.25) is 0 Å². The Morgan fingerprint density at radius 2 is 2.20 bits per heavy atom. The highest BCUT2D eigenvalue weighted by Crippen LogP contribution is 2.19. The van der Waals surface area contributed by atoms with Gasteiger partial charge in [0.2, 0.25) is 0 Å². The zero-order valence-electron chi connectivity index (χ0n) is 9.96. The monoisotopic (exact) mass is 212 g/mol. The Hall–Kier alpha value is -0.120. The van der Waals surface area contributed by atoms with Gasteiger partial charge in [-0.3, -0.25) is 0 Å². The van der Waals surface area contributed by atoms with Crippen molar-refractivity contribution in [1.29, 1.82) is 0 Å². The molecule has 88 valence electrons. The maximum absolute atomic E-state index is 5.55. The lowest BCUT2D eigenvalue weighted by Gasteiger charge is -2.16. The van der Waals surface area contributed by atoms with E-state index in [4.69, 9.17) is 4.74 Å². The summed E-state index contributed by atoms with van der Waals surface area (Å²) in [5, 5.41) is 7.13. The van der Waals surface area contributed by atoms with E-state index in [9.17, 15) is 0 Å². The summed E-state index contributed by atoms with van der Waals surface area (Å²) in [4.78, 5) is 0. The van der Waals surface area contributed by atoms with Gasteiger partial charge in [-0.15, -0.1) is 0 Å². The average molecular weight is 212 g/mol.